The lowest BCUT2D eigenvalue weighted by Crippen LogP contribution is -2.41. The second-order valence-corrected chi connectivity index (χ2v) is 5.37. The van der Waals surface area contributed by atoms with Crippen LogP contribution in [0.3, 0.4) is 0 Å². The van der Waals surface area contributed by atoms with Crippen LogP contribution < -0.4 is 15.4 Å². The molecule has 0 spiro atoms. The third-order valence-corrected chi connectivity index (χ3v) is 3.63. The molecule has 0 bridgehead atoms. The number of benzene rings is 1. The number of aryl methyl sites for hydroxylation is 1. The molecule has 2 aromatic rings. The van der Waals surface area contributed by atoms with Crippen LogP contribution >= 0.6 is 11.6 Å². The van der Waals surface area contributed by atoms with Gasteiger partial charge in [0.15, 0.2) is 5.76 Å². The van der Waals surface area contributed by atoms with Crippen LogP contribution in [0.1, 0.15) is 23.0 Å². The molecule has 0 saturated carbocycles. The highest BCUT2D eigenvalue weighted by Gasteiger charge is 2.19. The summed E-state index contributed by atoms with van der Waals surface area (Å²) in [5, 5.41) is 5.81. The van der Waals surface area contributed by atoms with Gasteiger partial charge in [0.1, 0.15) is 11.8 Å². The van der Waals surface area contributed by atoms with Gasteiger partial charge in [-0.05, 0) is 37.6 Å². The van der Waals surface area contributed by atoms with E-state index >= 15 is 0 Å². The van der Waals surface area contributed by atoms with Crippen LogP contribution in [0.4, 0.5) is 5.69 Å². The molecule has 1 atom stereocenters. The van der Waals surface area contributed by atoms with Gasteiger partial charge in [0.25, 0.3) is 5.91 Å². The van der Waals surface area contributed by atoms with E-state index in [1.165, 1.54) is 19.4 Å². The quantitative estimate of drug-likeness (QED) is 0.879. The van der Waals surface area contributed by atoms with Crippen LogP contribution in [-0.2, 0) is 4.79 Å². The van der Waals surface area contributed by atoms with Crippen molar-refractivity contribution in [3.8, 4) is 5.75 Å². The van der Waals surface area contributed by atoms with E-state index < -0.39 is 11.9 Å². The zero-order valence-corrected chi connectivity index (χ0v) is 13.7. The predicted octanol–water partition coefficient (Wildman–Crippen LogP) is 3.01. The Hall–Kier alpha value is -2.47. The molecule has 0 aliphatic carbocycles. The molecule has 1 heterocycles. The first kappa shape index (κ1) is 16.9. The monoisotopic (exact) mass is 336 g/mol. The van der Waals surface area contributed by atoms with Gasteiger partial charge in [-0.3, -0.25) is 9.59 Å². The summed E-state index contributed by atoms with van der Waals surface area (Å²) in [6.45, 7) is 3.39. The molecule has 0 saturated heterocycles. The summed E-state index contributed by atoms with van der Waals surface area (Å²) in [7, 11) is 1.48. The lowest BCUT2D eigenvalue weighted by molar-refractivity contribution is -0.117. The van der Waals surface area contributed by atoms with E-state index in [0.29, 0.717) is 16.5 Å². The molecule has 0 aliphatic rings. The van der Waals surface area contributed by atoms with Crippen LogP contribution in [-0.4, -0.2) is 25.0 Å². The summed E-state index contributed by atoms with van der Waals surface area (Å²) in [5.41, 5.74) is 1.29. The maximum absolute atomic E-state index is 12.2. The van der Waals surface area contributed by atoms with Crippen LogP contribution in [0.15, 0.2) is 34.9 Å². The first-order valence-electron chi connectivity index (χ1n) is 6.91. The van der Waals surface area contributed by atoms with E-state index in [4.69, 9.17) is 20.8 Å². The molecule has 2 amide bonds. The fourth-order valence-corrected chi connectivity index (χ4v) is 2.07. The second-order valence-electron chi connectivity index (χ2n) is 4.96. The Morgan fingerprint density at radius 1 is 1.35 bits per heavy atom. The van der Waals surface area contributed by atoms with Gasteiger partial charge in [0.2, 0.25) is 5.91 Å². The number of nitrogens with one attached hydrogen (secondary N) is 2. The smallest absolute Gasteiger partial charge is 0.287 e. The molecule has 23 heavy (non-hydrogen) atoms. The van der Waals surface area contributed by atoms with Crippen molar-refractivity contribution in [3.05, 3.63) is 46.9 Å². The molecule has 0 radical (unpaired) electrons. The summed E-state index contributed by atoms with van der Waals surface area (Å²) in [6, 6.07) is 5.69. The molecular formula is C16H17ClN2O4. The predicted molar refractivity (Wildman–Crippen MR) is 87.0 cm³/mol. The largest absolute Gasteiger partial charge is 0.495 e. The number of amides is 2. The fourth-order valence-electron chi connectivity index (χ4n) is 1.91. The topological polar surface area (TPSA) is 80.6 Å². The number of methoxy groups -OCH3 is 1. The van der Waals surface area contributed by atoms with Crippen molar-refractivity contribution < 1.29 is 18.7 Å². The highest BCUT2D eigenvalue weighted by molar-refractivity contribution is 6.31. The molecule has 0 fully saturated rings. The Balaban J connectivity index is 2.06. The van der Waals surface area contributed by atoms with Crippen LogP contribution in [0.25, 0.3) is 0 Å². The summed E-state index contributed by atoms with van der Waals surface area (Å²) in [4.78, 5) is 24.1. The van der Waals surface area contributed by atoms with Gasteiger partial charge < -0.3 is 19.8 Å². The number of hydrogen-bond donors (Lipinski definition) is 2. The van der Waals surface area contributed by atoms with Crippen LogP contribution in [0.2, 0.25) is 5.02 Å². The van der Waals surface area contributed by atoms with Crippen molar-refractivity contribution in [2.75, 3.05) is 12.4 Å². The number of furan rings is 1. The number of ether oxygens (including phenoxy) is 1. The molecule has 0 aliphatic heterocycles. The minimum Gasteiger partial charge on any atom is -0.495 e. The van der Waals surface area contributed by atoms with Crippen molar-refractivity contribution in [2.24, 2.45) is 0 Å². The Labute approximate surface area is 138 Å². The fraction of sp³-hybridized carbons (Fsp3) is 0.250. The van der Waals surface area contributed by atoms with Gasteiger partial charge in [0.05, 0.1) is 19.1 Å². The summed E-state index contributed by atoms with van der Waals surface area (Å²) >= 11 is 6.03. The average Bonchev–Trinajstić information content (AvgIpc) is 3.04. The maximum atomic E-state index is 12.2. The van der Waals surface area contributed by atoms with E-state index in [9.17, 15) is 9.59 Å². The molecule has 7 heteroatoms. The Morgan fingerprint density at radius 2 is 2.09 bits per heavy atom. The summed E-state index contributed by atoms with van der Waals surface area (Å²) in [5.74, 6) is -0.259. The molecule has 2 N–H and O–H groups in total. The standard InChI is InChI=1S/C16H17ClN2O4/c1-9-7-12(14(22-3)8-11(9)17)19-15(20)10(2)18-16(21)13-5-4-6-23-13/h4-8,10H,1-3H3,(H,18,21)(H,19,20). The highest BCUT2D eigenvalue weighted by Crippen LogP contribution is 2.30. The molecule has 1 aromatic carbocycles. The Kier molecular flexibility index (Phi) is 5.28. The van der Waals surface area contributed by atoms with Crippen LogP contribution in [0, 0.1) is 6.92 Å². The van der Waals surface area contributed by atoms with Gasteiger partial charge in [-0.1, -0.05) is 11.6 Å². The number of halogens is 1. The highest BCUT2D eigenvalue weighted by atomic mass is 35.5. The molecule has 6 nitrogen and oxygen atoms in total. The molecule has 2 rings (SSSR count). The Morgan fingerprint density at radius 3 is 2.70 bits per heavy atom. The first-order valence-corrected chi connectivity index (χ1v) is 7.29. The van der Waals surface area contributed by atoms with Crippen LogP contribution in [0.5, 0.6) is 5.75 Å². The van der Waals surface area contributed by atoms with Gasteiger partial charge >= 0.3 is 0 Å². The summed E-state index contributed by atoms with van der Waals surface area (Å²) in [6.07, 6.45) is 1.39. The van der Waals surface area contributed by atoms with Crippen molar-refractivity contribution in [2.45, 2.75) is 19.9 Å². The maximum Gasteiger partial charge on any atom is 0.287 e. The van der Waals surface area contributed by atoms with E-state index in [-0.39, 0.29) is 11.7 Å². The van der Waals surface area contributed by atoms with Gasteiger partial charge in [-0.25, -0.2) is 0 Å². The zero-order valence-electron chi connectivity index (χ0n) is 13.0. The van der Waals surface area contributed by atoms with Crippen molar-refractivity contribution in [1.29, 1.82) is 0 Å². The normalized spacial score (nSPS) is 11.7. The number of anilines is 1. The van der Waals surface area contributed by atoms with Gasteiger partial charge in [-0.2, -0.15) is 0 Å². The molecule has 1 unspecified atom stereocenters. The third kappa shape index (κ3) is 4.04. The zero-order chi connectivity index (χ0) is 17.0. The number of carbonyl (C=O) groups excluding carboxylic acids is 2. The third-order valence-electron chi connectivity index (χ3n) is 3.22. The SMILES string of the molecule is COc1cc(Cl)c(C)cc1NC(=O)C(C)NC(=O)c1ccco1. The van der Waals surface area contributed by atoms with Crippen molar-refractivity contribution in [1.82, 2.24) is 5.32 Å². The molecular weight excluding hydrogens is 320 g/mol. The van der Waals surface area contributed by atoms with Crippen molar-refractivity contribution >= 4 is 29.1 Å². The number of rotatable bonds is 5. The molecule has 1 aromatic heterocycles. The van der Waals surface area contributed by atoms with Gasteiger partial charge in [0, 0.05) is 11.1 Å². The summed E-state index contributed by atoms with van der Waals surface area (Å²) < 4.78 is 10.2. The van der Waals surface area contributed by atoms with Gasteiger partial charge in [-0.15, -0.1) is 0 Å². The lowest BCUT2D eigenvalue weighted by atomic mass is 10.2. The van der Waals surface area contributed by atoms with E-state index in [1.54, 1.807) is 25.1 Å². The van der Waals surface area contributed by atoms with E-state index in [2.05, 4.69) is 10.6 Å². The minimum atomic E-state index is -0.756. The van der Waals surface area contributed by atoms with E-state index in [1.807, 2.05) is 6.92 Å². The number of hydrogen-bond acceptors (Lipinski definition) is 4. The second kappa shape index (κ2) is 7.19. The minimum absolute atomic E-state index is 0.143. The Bertz CT molecular complexity index is 713. The first-order chi connectivity index (χ1) is 10.9. The average molecular weight is 337 g/mol. The number of carbonyl (C=O) groups is 2. The molecule has 122 valence electrons. The van der Waals surface area contributed by atoms with E-state index in [0.717, 1.165) is 5.56 Å². The van der Waals surface area contributed by atoms with Crippen molar-refractivity contribution in [3.63, 3.8) is 0 Å². The lowest BCUT2D eigenvalue weighted by Gasteiger charge is -2.16.